The zero-order chi connectivity index (χ0) is 20.9. The summed E-state index contributed by atoms with van der Waals surface area (Å²) in [6.45, 7) is 0. The smallest absolute Gasteiger partial charge is 0.413 e. The van der Waals surface area contributed by atoms with Crippen LogP contribution in [0.5, 0.6) is 0 Å². The van der Waals surface area contributed by atoms with Gasteiger partial charge in [-0.05, 0) is 41.8 Å². The molecule has 0 atom stereocenters. The number of fused-ring (bicyclic) bond motifs is 2. The number of aromatic amines is 2. The number of imidazole rings is 2. The maximum absolute atomic E-state index is 12.3. The first kappa shape index (κ1) is 19.3. The molecule has 0 aliphatic rings. The summed E-state index contributed by atoms with van der Waals surface area (Å²) in [6.07, 6.45) is 1.09. The topological polar surface area (TPSA) is 113 Å². The summed E-state index contributed by atoms with van der Waals surface area (Å²) in [6, 6.07) is 16.7. The van der Waals surface area contributed by atoms with Crippen molar-refractivity contribution in [3.8, 4) is 0 Å². The molecule has 150 valence electrons. The van der Waals surface area contributed by atoms with Gasteiger partial charge in [-0.1, -0.05) is 18.2 Å². The number of hydrogen-bond acceptors (Lipinski definition) is 6. The molecule has 0 bridgehead atoms. The van der Waals surface area contributed by atoms with Crippen LogP contribution < -0.4 is 5.32 Å². The van der Waals surface area contributed by atoms with Crippen molar-refractivity contribution < 1.29 is 14.3 Å². The molecule has 3 heterocycles. The fourth-order valence-electron chi connectivity index (χ4n) is 2.79. The first-order valence-corrected chi connectivity index (χ1v) is 9.83. The highest BCUT2D eigenvalue weighted by Crippen LogP contribution is 2.20. The highest BCUT2D eigenvalue weighted by Gasteiger charge is 2.12. The van der Waals surface area contributed by atoms with E-state index in [1.165, 1.54) is 18.4 Å². The quantitative estimate of drug-likeness (QED) is 0.370. The second kappa shape index (κ2) is 8.58. The van der Waals surface area contributed by atoms with Crippen LogP contribution in [0.2, 0.25) is 0 Å². The third kappa shape index (κ3) is 4.20. The van der Waals surface area contributed by atoms with Gasteiger partial charge in [-0.3, -0.25) is 10.1 Å². The molecule has 0 aliphatic carbocycles. The molecule has 5 aromatic rings. The van der Waals surface area contributed by atoms with Crippen molar-refractivity contribution in [3.63, 3.8) is 0 Å². The summed E-state index contributed by atoms with van der Waals surface area (Å²) in [7, 11) is 1.27. The highest BCUT2D eigenvalue weighted by atomic mass is 32.1. The standard InChI is InChI=1S/C14H11N3O3S.C7H6N2/c1-20-14(19)17-13-15-9-5-4-8(7-10(9)16-13)12(18)11-3-2-6-21-11;1-2-4-7-6(3-1)8-5-9-7/h2-7H,1H3,(H2,15,16,17,19);1-5H,(H,8,9). The lowest BCUT2D eigenvalue weighted by molar-refractivity contribution is 0.104. The number of amides is 1. The van der Waals surface area contributed by atoms with E-state index in [2.05, 4.69) is 30.0 Å². The average Bonchev–Trinajstić information content (AvgIpc) is 3.53. The summed E-state index contributed by atoms with van der Waals surface area (Å²) in [4.78, 5) is 38.3. The number of anilines is 1. The van der Waals surface area contributed by atoms with Crippen molar-refractivity contribution in [2.45, 2.75) is 0 Å². The Balaban J connectivity index is 0.000000200. The molecule has 3 aromatic heterocycles. The van der Waals surface area contributed by atoms with Gasteiger partial charge >= 0.3 is 6.09 Å². The normalized spacial score (nSPS) is 10.4. The van der Waals surface area contributed by atoms with Gasteiger partial charge in [0.25, 0.3) is 0 Å². The van der Waals surface area contributed by atoms with Crippen LogP contribution in [0.1, 0.15) is 15.2 Å². The Bertz CT molecular complexity index is 1280. The van der Waals surface area contributed by atoms with Crippen LogP contribution in [0.3, 0.4) is 0 Å². The molecule has 0 aliphatic heterocycles. The number of methoxy groups -OCH3 is 1. The maximum atomic E-state index is 12.3. The number of carbonyl (C=O) groups is 2. The number of ketones is 1. The summed E-state index contributed by atoms with van der Waals surface area (Å²) in [5.41, 5.74) is 4.01. The van der Waals surface area contributed by atoms with Crippen molar-refractivity contribution >= 4 is 51.2 Å². The highest BCUT2D eigenvalue weighted by molar-refractivity contribution is 7.12. The van der Waals surface area contributed by atoms with Gasteiger partial charge in [0.15, 0.2) is 0 Å². The lowest BCUT2D eigenvalue weighted by Crippen LogP contribution is -2.11. The van der Waals surface area contributed by atoms with Crippen molar-refractivity contribution in [2.75, 3.05) is 12.4 Å². The number of ether oxygens (including phenoxy) is 1. The van der Waals surface area contributed by atoms with Crippen molar-refractivity contribution in [2.24, 2.45) is 0 Å². The van der Waals surface area contributed by atoms with Gasteiger partial charge in [0.2, 0.25) is 11.7 Å². The number of para-hydroxylation sites is 2. The van der Waals surface area contributed by atoms with E-state index in [4.69, 9.17) is 0 Å². The van der Waals surface area contributed by atoms with Gasteiger partial charge in [-0.25, -0.2) is 14.8 Å². The van der Waals surface area contributed by atoms with E-state index >= 15 is 0 Å². The Morgan fingerprint density at radius 3 is 2.67 bits per heavy atom. The Kier molecular flexibility index (Phi) is 5.53. The van der Waals surface area contributed by atoms with E-state index in [-0.39, 0.29) is 11.7 Å². The summed E-state index contributed by atoms with van der Waals surface area (Å²) < 4.78 is 4.50. The largest absolute Gasteiger partial charge is 0.453 e. The molecule has 2 aromatic carbocycles. The van der Waals surface area contributed by atoms with Gasteiger partial charge in [-0.15, -0.1) is 11.3 Å². The first-order valence-electron chi connectivity index (χ1n) is 8.95. The molecule has 0 saturated carbocycles. The van der Waals surface area contributed by atoms with E-state index in [1.54, 1.807) is 30.6 Å². The zero-order valence-electron chi connectivity index (χ0n) is 15.9. The number of benzene rings is 2. The van der Waals surface area contributed by atoms with Crippen molar-refractivity contribution in [1.82, 2.24) is 19.9 Å². The molecule has 0 radical (unpaired) electrons. The number of nitrogens with zero attached hydrogens (tertiary/aromatic N) is 2. The molecule has 8 nitrogen and oxygen atoms in total. The number of rotatable bonds is 3. The second-order valence-electron chi connectivity index (χ2n) is 6.16. The first-order chi connectivity index (χ1) is 14.6. The molecule has 0 fully saturated rings. The summed E-state index contributed by atoms with van der Waals surface area (Å²) in [5.74, 6) is 0.238. The third-order valence-electron chi connectivity index (χ3n) is 4.22. The number of thiophene rings is 1. The summed E-state index contributed by atoms with van der Waals surface area (Å²) >= 11 is 1.40. The minimum atomic E-state index is -0.607. The molecule has 30 heavy (non-hydrogen) atoms. The molecule has 0 saturated heterocycles. The summed E-state index contributed by atoms with van der Waals surface area (Å²) in [5, 5.41) is 4.31. The Morgan fingerprint density at radius 1 is 1.03 bits per heavy atom. The molecular formula is C21H17N5O3S. The number of hydrogen-bond donors (Lipinski definition) is 3. The fourth-order valence-corrected chi connectivity index (χ4v) is 3.47. The van der Waals surface area contributed by atoms with Gasteiger partial charge in [-0.2, -0.15) is 0 Å². The predicted octanol–water partition coefficient (Wildman–Crippen LogP) is 4.60. The van der Waals surface area contributed by atoms with E-state index in [1.807, 2.05) is 35.7 Å². The van der Waals surface area contributed by atoms with Crippen LogP contribution in [-0.4, -0.2) is 38.9 Å². The average molecular weight is 419 g/mol. The monoisotopic (exact) mass is 419 g/mol. The van der Waals surface area contributed by atoms with Gasteiger partial charge in [0, 0.05) is 5.56 Å². The lowest BCUT2D eigenvalue weighted by atomic mass is 10.1. The molecule has 1 amide bonds. The van der Waals surface area contributed by atoms with Crippen LogP contribution in [0, 0.1) is 0 Å². The molecule has 0 unspecified atom stereocenters. The number of carbonyl (C=O) groups excluding carboxylic acids is 2. The number of aromatic nitrogens is 4. The van der Waals surface area contributed by atoms with E-state index in [0.29, 0.717) is 21.5 Å². The van der Waals surface area contributed by atoms with Crippen LogP contribution >= 0.6 is 11.3 Å². The lowest BCUT2D eigenvalue weighted by Gasteiger charge is -1.98. The number of nitrogens with one attached hydrogen (secondary N) is 3. The maximum Gasteiger partial charge on any atom is 0.413 e. The van der Waals surface area contributed by atoms with Crippen LogP contribution in [0.15, 0.2) is 66.3 Å². The molecule has 0 spiro atoms. The SMILES string of the molecule is COC(=O)Nc1nc2ccc(C(=O)c3cccs3)cc2[nH]1.c1ccc2[nH]cnc2c1. The molecule has 3 N–H and O–H groups in total. The molecule has 5 rings (SSSR count). The van der Waals surface area contributed by atoms with Crippen molar-refractivity contribution in [3.05, 3.63) is 76.7 Å². The minimum Gasteiger partial charge on any atom is -0.453 e. The van der Waals surface area contributed by atoms with Crippen LogP contribution in [0.25, 0.3) is 22.1 Å². The molecule has 9 heteroatoms. The Morgan fingerprint density at radius 2 is 1.90 bits per heavy atom. The van der Waals surface area contributed by atoms with E-state index in [0.717, 1.165) is 11.0 Å². The van der Waals surface area contributed by atoms with E-state index in [9.17, 15) is 9.59 Å². The van der Waals surface area contributed by atoms with Crippen molar-refractivity contribution in [1.29, 1.82) is 0 Å². The second-order valence-corrected chi connectivity index (χ2v) is 7.11. The van der Waals surface area contributed by atoms with E-state index < -0.39 is 6.09 Å². The number of H-pyrrole nitrogens is 2. The minimum absolute atomic E-state index is 0.0380. The predicted molar refractivity (Wildman–Crippen MR) is 116 cm³/mol. The van der Waals surface area contributed by atoms with Crippen LogP contribution in [0.4, 0.5) is 10.7 Å². The van der Waals surface area contributed by atoms with Gasteiger partial charge in [0.05, 0.1) is 40.4 Å². The fraction of sp³-hybridized carbons (Fsp3) is 0.0476. The van der Waals surface area contributed by atoms with Gasteiger partial charge in [0.1, 0.15) is 0 Å². The molecular weight excluding hydrogens is 402 g/mol. The van der Waals surface area contributed by atoms with Crippen LogP contribution in [-0.2, 0) is 4.74 Å². The zero-order valence-corrected chi connectivity index (χ0v) is 16.7. The van der Waals surface area contributed by atoms with Gasteiger partial charge < -0.3 is 14.7 Å². The Labute approximate surface area is 174 Å². The Hall–Kier alpha value is -3.98. The third-order valence-corrected chi connectivity index (χ3v) is 5.09.